The minimum absolute atomic E-state index is 0.0669. The Labute approximate surface area is 124 Å². The van der Waals surface area contributed by atoms with E-state index in [4.69, 9.17) is 0 Å². The second kappa shape index (κ2) is 5.32. The van der Waals surface area contributed by atoms with Crippen LogP contribution in [0.2, 0.25) is 0 Å². The minimum Gasteiger partial charge on any atom is -0.343 e. The van der Waals surface area contributed by atoms with Crippen LogP contribution in [0.3, 0.4) is 0 Å². The van der Waals surface area contributed by atoms with E-state index in [0.29, 0.717) is 5.56 Å². The molecule has 3 heteroatoms. The lowest BCUT2D eigenvalue weighted by atomic mass is 9.71. The van der Waals surface area contributed by atoms with Crippen molar-refractivity contribution >= 4 is 5.91 Å². The quantitative estimate of drug-likeness (QED) is 0.908. The van der Waals surface area contributed by atoms with Crippen molar-refractivity contribution in [2.24, 2.45) is 0 Å². The minimum atomic E-state index is -0.339. The molecule has 1 N–H and O–H groups in total. The zero-order chi connectivity index (χ0) is 14.9. The maximum Gasteiger partial charge on any atom is 0.251 e. The molecule has 1 fully saturated rings. The molecule has 108 valence electrons. The molecule has 1 amide bonds. The van der Waals surface area contributed by atoms with E-state index in [1.807, 2.05) is 31.2 Å². The van der Waals surface area contributed by atoms with Crippen LogP contribution < -0.4 is 5.32 Å². The highest BCUT2D eigenvalue weighted by Crippen LogP contribution is 2.41. The summed E-state index contributed by atoms with van der Waals surface area (Å²) < 4.78 is 13.1. The summed E-state index contributed by atoms with van der Waals surface area (Å²) in [5.41, 5.74) is 2.38. The van der Waals surface area contributed by atoms with Gasteiger partial charge in [0.25, 0.3) is 5.91 Å². The van der Waals surface area contributed by atoms with Gasteiger partial charge in [-0.2, -0.15) is 0 Å². The van der Waals surface area contributed by atoms with Gasteiger partial charge in [0.15, 0.2) is 0 Å². The predicted molar refractivity (Wildman–Crippen MR) is 80.6 cm³/mol. The van der Waals surface area contributed by atoms with Gasteiger partial charge in [0.05, 0.1) is 5.54 Å². The Balaban J connectivity index is 1.84. The summed E-state index contributed by atoms with van der Waals surface area (Å²) >= 11 is 0. The molecule has 21 heavy (non-hydrogen) atoms. The number of carbonyl (C=O) groups is 1. The van der Waals surface area contributed by atoms with Crippen molar-refractivity contribution in [1.29, 1.82) is 0 Å². The second-order valence-corrected chi connectivity index (χ2v) is 5.77. The predicted octanol–water partition coefficient (Wildman–Crippen LogP) is 3.94. The van der Waals surface area contributed by atoms with E-state index in [1.54, 1.807) is 12.1 Å². The Kier molecular flexibility index (Phi) is 3.50. The van der Waals surface area contributed by atoms with Crippen molar-refractivity contribution in [3.63, 3.8) is 0 Å². The van der Waals surface area contributed by atoms with Crippen molar-refractivity contribution < 1.29 is 9.18 Å². The van der Waals surface area contributed by atoms with Gasteiger partial charge >= 0.3 is 0 Å². The number of nitrogens with one attached hydrogen (secondary N) is 1. The average molecular weight is 283 g/mol. The molecule has 0 aliphatic heterocycles. The number of hydrogen-bond acceptors (Lipinski definition) is 1. The summed E-state index contributed by atoms with van der Waals surface area (Å²) in [5.74, 6) is -0.319. The lowest BCUT2D eigenvalue weighted by Gasteiger charge is -2.43. The van der Waals surface area contributed by atoms with Gasteiger partial charge in [-0.25, -0.2) is 4.39 Å². The highest BCUT2D eigenvalue weighted by Gasteiger charge is 2.40. The molecule has 3 rings (SSSR count). The fraction of sp³-hybridized carbons (Fsp3) is 0.278. The fourth-order valence-electron chi connectivity index (χ4n) is 2.86. The number of aryl methyl sites for hydroxylation is 1. The Morgan fingerprint density at radius 2 is 1.86 bits per heavy atom. The molecule has 0 bridgehead atoms. The molecule has 0 radical (unpaired) electrons. The molecule has 0 spiro atoms. The molecule has 0 saturated heterocycles. The van der Waals surface area contributed by atoms with Crippen LogP contribution in [0.5, 0.6) is 0 Å². The third-order valence-corrected chi connectivity index (χ3v) is 4.24. The molecule has 0 atom stereocenters. The maximum atomic E-state index is 13.1. The van der Waals surface area contributed by atoms with Gasteiger partial charge in [0.1, 0.15) is 5.82 Å². The summed E-state index contributed by atoms with van der Waals surface area (Å²) in [6, 6.07) is 14.0. The van der Waals surface area contributed by atoms with Crippen LogP contribution in [-0.2, 0) is 5.54 Å². The third kappa shape index (κ3) is 2.68. The molecule has 2 aromatic rings. The van der Waals surface area contributed by atoms with Crippen molar-refractivity contribution in [2.75, 3.05) is 0 Å². The van der Waals surface area contributed by atoms with Crippen LogP contribution in [0.25, 0.3) is 0 Å². The normalized spacial score (nSPS) is 16.1. The SMILES string of the molecule is Cc1cccc(C(=O)NC2(c3ccc(F)cc3)CCC2)c1. The lowest BCUT2D eigenvalue weighted by Crippen LogP contribution is -2.50. The zero-order valence-electron chi connectivity index (χ0n) is 12.0. The van der Waals surface area contributed by atoms with Crippen molar-refractivity contribution in [2.45, 2.75) is 31.7 Å². The molecule has 2 nitrogen and oxygen atoms in total. The van der Waals surface area contributed by atoms with Crippen molar-refractivity contribution in [3.8, 4) is 0 Å². The molecule has 0 heterocycles. The number of benzene rings is 2. The van der Waals surface area contributed by atoms with Gasteiger partial charge in [0, 0.05) is 5.56 Å². The molecular weight excluding hydrogens is 265 g/mol. The molecule has 2 aromatic carbocycles. The first kappa shape index (κ1) is 13.8. The van der Waals surface area contributed by atoms with Gasteiger partial charge in [0.2, 0.25) is 0 Å². The third-order valence-electron chi connectivity index (χ3n) is 4.24. The molecule has 1 saturated carbocycles. The van der Waals surface area contributed by atoms with E-state index in [9.17, 15) is 9.18 Å². The first-order valence-electron chi connectivity index (χ1n) is 7.24. The maximum absolute atomic E-state index is 13.1. The monoisotopic (exact) mass is 283 g/mol. The number of hydrogen-bond donors (Lipinski definition) is 1. The van der Waals surface area contributed by atoms with E-state index in [1.165, 1.54) is 12.1 Å². The summed E-state index contributed by atoms with van der Waals surface area (Å²) in [6.45, 7) is 1.97. The smallest absolute Gasteiger partial charge is 0.251 e. The van der Waals surface area contributed by atoms with E-state index < -0.39 is 0 Å². The molecule has 1 aliphatic rings. The Hall–Kier alpha value is -2.16. The van der Waals surface area contributed by atoms with Crippen LogP contribution in [0.15, 0.2) is 48.5 Å². The second-order valence-electron chi connectivity index (χ2n) is 5.77. The number of carbonyl (C=O) groups excluding carboxylic acids is 1. The van der Waals surface area contributed by atoms with Crippen LogP contribution in [-0.4, -0.2) is 5.91 Å². The van der Waals surface area contributed by atoms with Crippen LogP contribution in [0, 0.1) is 12.7 Å². The molecule has 0 unspecified atom stereocenters. The zero-order valence-corrected chi connectivity index (χ0v) is 12.0. The number of amides is 1. The summed E-state index contributed by atoms with van der Waals surface area (Å²) in [4.78, 5) is 12.5. The first-order valence-corrected chi connectivity index (χ1v) is 7.24. The Morgan fingerprint density at radius 3 is 2.43 bits per heavy atom. The standard InChI is InChI=1S/C18H18FNO/c1-13-4-2-5-14(12-13)17(21)20-18(10-3-11-18)15-6-8-16(19)9-7-15/h2,4-9,12H,3,10-11H2,1H3,(H,20,21). The van der Waals surface area contributed by atoms with Crippen molar-refractivity contribution in [1.82, 2.24) is 5.32 Å². The van der Waals surface area contributed by atoms with Crippen LogP contribution in [0.1, 0.15) is 40.7 Å². The first-order chi connectivity index (χ1) is 10.1. The average Bonchev–Trinajstić information content (AvgIpc) is 2.44. The van der Waals surface area contributed by atoms with Gasteiger partial charge in [-0.3, -0.25) is 4.79 Å². The summed E-state index contributed by atoms with van der Waals surface area (Å²) in [5, 5.41) is 3.15. The highest BCUT2D eigenvalue weighted by molar-refractivity contribution is 5.95. The van der Waals surface area contributed by atoms with E-state index in [2.05, 4.69) is 5.32 Å². The van der Waals surface area contributed by atoms with Crippen molar-refractivity contribution in [3.05, 3.63) is 71.0 Å². The van der Waals surface area contributed by atoms with Gasteiger partial charge in [-0.1, -0.05) is 29.8 Å². The van der Waals surface area contributed by atoms with Gasteiger partial charge in [-0.15, -0.1) is 0 Å². The topological polar surface area (TPSA) is 29.1 Å². The highest BCUT2D eigenvalue weighted by atomic mass is 19.1. The van der Waals surface area contributed by atoms with Gasteiger partial charge in [-0.05, 0) is 56.0 Å². The number of rotatable bonds is 3. The number of halogens is 1. The summed E-state index contributed by atoms with van der Waals surface area (Å²) in [6.07, 6.45) is 2.87. The molecular formula is C18H18FNO. The van der Waals surface area contributed by atoms with E-state index >= 15 is 0 Å². The van der Waals surface area contributed by atoms with E-state index in [0.717, 1.165) is 30.4 Å². The largest absolute Gasteiger partial charge is 0.343 e. The summed E-state index contributed by atoms with van der Waals surface area (Å²) in [7, 11) is 0. The molecule has 0 aromatic heterocycles. The van der Waals surface area contributed by atoms with Crippen LogP contribution >= 0.6 is 0 Å². The van der Waals surface area contributed by atoms with Crippen LogP contribution in [0.4, 0.5) is 4.39 Å². The molecule has 1 aliphatic carbocycles. The van der Waals surface area contributed by atoms with E-state index in [-0.39, 0.29) is 17.3 Å². The fourth-order valence-corrected chi connectivity index (χ4v) is 2.86. The Morgan fingerprint density at radius 1 is 1.14 bits per heavy atom. The Bertz CT molecular complexity index is 659. The lowest BCUT2D eigenvalue weighted by molar-refractivity contribution is 0.0823. The van der Waals surface area contributed by atoms with Gasteiger partial charge < -0.3 is 5.32 Å².